The molecule has 2 amide bonds. The molecule has 0 unspecified atom stereocenters. The Morgan fingerprint density at radius 2 is 1.68 bits per heavy atom. The van der Waals surface area contributed by atoms with E-state index in [2.05, 4.69) is 10.1 Å². The zero-order chi connectivity index (χ0) is 13.6. The first-order valence-electron chi connectivity index (χ1n) is 5.92. The van der Waals surface area contributed by atoms with E-state index in [0.717, 1.165) is 0 Å². The van der Waals surface area contributed by atoms with Gasteiger partial charge in [0.1, 0.15) is 12.2 Å². The first-order valence-corrected chi connectivity index (χ1v) is 5.92. The molecule has 2 heterocycles. The Morgan fingerprint density at radius 3 is 2.16 bits per heavy atom. The maximum atomic E-state index is 12.3. The molecule has 0 radical (unpaired) electrons. The monoisotopic (exact) mass is 256 g/mol. The minimum atomic E-state index is -0.445. The molecular formula is C13H12N4O2. The van der Waals surface area contributed by atoms with Crippen LogP contribution in [0.2, 0.25) is 0 Å². The number of aromatic nitrogens is 3. The lowest BCUT2D eigenvalue weighted by Gasteiger charge is -2.21. The Kier molecular flexibility index (Phi) is 2.45. The van der Waals surface area contributed by atoms with Crippen LogP contribution in [0.3, 0.4) is 0 Å². The molecule has 0 saturated heterocycles. The molecule has 2 aromatic rings. The highest BCUT2D eigenvalue weighted by atomic mass is 16.2. The van der Waals surface area contributed by atoms with Crippen LogP contribution in [0.1, 0.15) is 39.5 Å². The summed E-state index contributed by atoms with van der Waals surface area (Å²) < 4.78 is 1.56. The van der Waals surface area contributed by atoms with Crippen molar-refractivity contribution in [3.63, 3.8) is 0 Å². The van der Waals surface area contributed by atoms with E-state index in [1.165, 1.54) is 11.2 Å². The van der Waals surface area contributed by atoms with Crippen LogP contribution in [-0.4, -0.2) is 31.5 Å². The summed E-state index contributed by atoms with van der Waals surface area (Å²) in [6.07, 6.45) is 1.41. The highest BCUT2D eigenvalue weighted by Crippen LogP contribution is 2.29. The maximum absolute atomic E-state index is 12.3. The predicted octanol–water partition coefficient (Wildman–Crippen LogP) is 1.17. The van der Waals surface area contributed by atoms with E-state index in [-0.39, 0.29) is 11.8 Å². The minimum Gasteiger partial charge on any atom is -0.269 e. The molecule has 0 spiro atoms. The number of fused-ring (bicyclic) bond motifs is 1. The summed E-state index contributed by atoms with van der Waals surface area (Å²) in [6.45, 7) is 1.77. The smallest absolute Gasteiger partial charge is 0.262 e. The third-order valence-corrected chi connectivity index (χ3v) is 3.33. The van der Waals surface area contributed by atoms with Crippen molar-refractivity contribution >= 4 is 11.8 Å². The Balaban J connectivity index is 2.03. The first-order chi connectivity index (χ1) is 9.11. The third-order valence-electron chi connectivity index (χ3n) is 3.33. The fraction of sp³-hybridized carbons (Fsp3) is 0.231. The molecule has 3 rings (SSSR count). The Hall–Kier alpha value is -2.50. The number of rotatable bonds is 2. The lowest BCUT2D eigenvalue weighted by Crippen LogP contribution is -2.34. The lowest BCUT2D eigenvalue weighted by molar-refractivity contribution is 0.0586. The third kappa shape index (κ3) is 1.56. The van der Waals surface area contributed by atoms with E-state index in [0.29, 0.717) is 17.0 Å². The van der Waals surface area contributed by atoms with Crippen molar-refractivity contribution in [3.8, 4) is 0 Å². The summed E-state index contributed by atoms with van der Waals surface area (Å²) in [4.78, 5) is 29.9. The van der Waals surface area contributed by atoms with Crippen molar-refractivity contribution in [2.24, 2.45) is 7.05 Å². The highest BCUT2D eigenvalue weighted by Gasteiger charge is 2.39. The van der Waals surface area contributed by atoms with Gasteiger partial charge in [0, 0.05) is 7.05 Å². The van der Waals surface area contributed by atoms with Crippen LogP contribution < -0.4 is 0 Å². The van der Waals surface area contributed by atoms with Crippen molar-refractivity contribution < 1.29 is 9.59 Å². The fourth-order valence-electron chi connectivity index (χ4n) is 2.36. The number of amides is 2. The van der Waals surface area contributed by atoms with Crippen molar-refractivity contribution in [2.45, 2.75) is 13.0 Å². The van der Waals surface area contributed by atoms with E-state index in [4.69, 9.17) is 0 Å². The average Bonchev–Trinajstić information content (AvgIpc) is 2.94. The van der Waals surface area contributed by atoms with Crippen LogP contribution >= 0.6 is 0 Å². The topological polar surface area (TPSA) is 68.1 Å². The number of imide groups is 1. The van der Waals surface area contributed by atoms with Gasteiger partial charge in [-0.15, -0.1) is 0 Å². The molecule has 19 heavy (non-hydrogen) atoms. The van der Waals surface area contributed by atoms with Gasteiger partial charge in [0.2, 0.25) is 0 Å². The molecule has 0 bridgehead atoms. The molecule has 1 atom stereocenters. The fourth-order valence-corrected chi connectivity index (χ4v) is 2.36. The Morgan fingerprint density at radius 1 is 1.11 bits per heavy atom. The molecule has 1 aliphatic rings. The van der Waals surface area contributed by atoms with Crippen molar-refractivity contribution in [1.82, 2.24) is 19.7 Å². The lowest BCUT2D eigenvalue weighted by atomic mass is 10.1. The average molecular weight is 256 g/mol. The molecule has 96 valence electrons. The Bertz CT molecular complexity index is 642. The van der Waals surface area contributed by atoms with Gasteiger partial charge in [0.05, 0.1) is 17.2 Å². The highest BCUT2D eigenvalue weighted by molar-refractivity contribution is 6.21. The summed E-state index contributed by atoms with van der Waals surface area (Å²) in [5.41, 5.74) is 0.892. The zero-order valence-corrected chi connectivity index (χ0v) is 10.6. The normalized spacial score (nSPS) is 15.8. The number of hydrogen-bond donors (Lipinski definition) is 0. The summed E-state index contributed by atoms with van der Waals surface area (Å²) in [5, 5.41) is 3.96. The predicted molar refractivity (Wildman–Crippen MR) is 66.4 cm³/mol. The van der Waals surface area contributed by atoms with Crippen LogP contribution in [0.25, 0.3) is 0 Å². The van der Waals surface area contributed by atoms with Gasteiger partial charge in [-0.2, -0.15) is 5.10 Å². The SMILES string of the molecule is C[C@H](c1ncnn1C)N1C(=O)c2ccccc2C1=O. The van der Waals surface area contributed by atoms with E-state index in [1.54, 1.807) is 42.9 Å². The molecule has 6 nitrogen and oxygen atoms in total. The van der Waals surface area contributed by atoms with Gasteiger partial charge in [-0.25, -0.2) is 4.98 Å². The second-order valence-electron chi connectivity index (χ2n) is 4.44. The number of benzene rings is 1. The van der Waals surface area contributed by atoms with Crippen LogP contribution in [0.15, 0.2) is 30.6 Å². The molecule has 0 N–H and O–H groups in total. The van der Waals surface area contributed by atoms with Gasteiger partial charge < -0.3 is 0 Å². The zero-order valence-electron chi connectivity index (χ0n) is 10.6. The van der Waals surface area contributed by atoms with Gasteiger partial charge in [-0.05, 0) is 19.1 Å². The number of hydrogen-bond acceptors (Lipinski definition) is 4. The first kappa shape index (κ1) is 11.6. The van der Waals surface area contributed by atoms with E-state index in [9.17, 15) is 9.59 Å². The second-order valence-corrected chi connectivity index (χ2v) is 4.44. The van der Waals surface area contributed by atoms with Crippen LogP contribution in [0.5, 0.6) is 0 Å². The van der Waals surface area contributed by atoms with Crippen LogP contribution in [-0.2, 0) is 7.05 Å². The van der Waals surface area contributed by atoms with Gasteiger partial charge in [-0.1, -0.05) is 12.1 Å². The summed E-state index contributed by atoms with van der Waals surface area (Å²) >= 11 is 0. The van der Waals surface area contributed by atoms with Gasteiger partial charge in [0.15, 0.2) is 0 Å². The van der Waals surface area contributed by atoms with Crippen molar-refractivity contribution in [1.29, 1.82) is 0 Å². The number of nitrogens with zero attached hydrogens (tertiary/aromatic N) is 4. The van der Waals surface area contributed by atoms with Crippen LogP contribution in [0, 0.1) is 0 Å². The molecule has 1 aromatic heterocycles. The summed E-state index contributed by atoms with van der Waals surface area (Å²) in [7, 11) is 1.73. The number of carbonyl (C=O) groups excluding carboxylic acids is 2. The molecule has 6 heteroatoms. The molecule has 1 aromatic carbocycles. The van der Waals surface area contributed by atoms with Gasteiger partial charge in [-0.3, -0.25) is 19.2 Å². The van der Waals surface area contributed by atoms with E-state index >= 15 is 0 Å². The minimum absolute atomic E-state index is 0.281. The van der Waals surface area contributed by atoms with E-state index in [1.807, 2.05) is 0 Å². The standard InChI is InChI=1S/C13H12N4O2/c1-8(11-14-7-15-16(11)2)17-12(18)9-5-3-4-6-10(9)13(17)19/h3-8H,1-2H3/t8-/m1/s1. The largest absolute Gasteiger partial charge is 0.269 e. The Labute approximate surface area is 109 Å². The van der Waals surface area contributed by atoms with Gasteiger partial charge >= 0.3 is 0 Å². The van der Waals surface area contributed by atoms with E-state index < -0.39 is 6.04 Å². The van der Waals surface area contributed by atoms with Crippen molar-refractivity contribution in [2.75, 3.05) is 0 Å². The maximum Gasteiger partial charge on any atom is 0.262 e. The molecule has 0 aliphatic carbocycles. The van der Waals surface area contributed by atoms with Gasteiger partial charge in [0.25, 0.3) is 11.8 Å². The molecular weight excluding hydrogens is 244 g/mol. The van der Waals surface area contributed by atoms with Crippen molar-refractivity contribution in [3.05, 3.63) is 47.5 Å². The summed E-state index contributed by atoms with van der Waals surface area (Å²) in [6, 6.07) is 6.39. The molecule has 0 saturated carbocycles. The number of carbonyl (C=O) groups is 2. The quantitative estimate of drug-likeness (QED) is 0.756. The molecule has 0 fully saturated rings. The summed E-state index contributed by atoms with van der Waals surface area (Å²) in [5.74, 6) is 0.0155. The van der Waals surface area contributed by atoms with Crippen LogP contribution in [0.4, 0.5) is 0 Å². The number of aryl methyl sites for hydroxylation is 1. The molecule has 1 aliphatic heterocycles. The second kappa shape index (κ2) is 4.01.